The third kappa shape index (κ3) is 6.34. The van der Waals surface area contributed by atoms with Crippen molar-refractivity contribution in [1.82, 2.24) is 0 Å². The third-order valence-corrected chi connectivity index (χ3v) is 3.93. The smallest absolute Gasteiger partial charge is 0.257 e. The first kappa shape index (κ1) is 22.6. The summed E-state index contributed by atoms with van der Waals surface area (Å²) in [7, 11) is 1.53. The fraction of sp³-hybridized carbons (Fsp3) is 0.263. The maximum absolute atomic E-state index is 12.6. The number of benzene rings is 2. The highest BCUT2D eigenvalue weighted by Gasteiger charge is 2.15. The molecule has 0 aromatic heterocycles. The quantitative estimate of drug-likeness (QED) is 0.605. The Morgan fingerprint density at radius 3 is 2.48 bits per heavy atom. The first-order valence-electron chi connectivity index (χ1n) is 8.14. The van der Waals surface area contributed by atoms with E-state index in [2.05, 4.69) is 10.6 Å². The average Bonchev–Trinajstić information content (AvgIpc) is 2.57. The number of amides is 2. The van der Waals surface area contributed by atoms with Gasteiger partial charge in [-0.1, -0.05) is 25.4 Å². The normalized spacial score (nSPS) is 10.1. The molecule has 146 valence electrons. The van der Waals surface area contributed by atoms with Crippen LogP contribution in [0.15, 0.2) is 36.4 Å². The van der Waals surface area contributed by atoms with E-state index in [1.807, 2.05) is 13.8 Å². The molecule has 0 saturated heterocycles. The van der Waals surface area contributed by atoms with Crippen LogP contribution in [0.3, 0.4) is 0 Å². The Morgan fingerprint density at radius 1 is 1.15 bits per heavy atom. The number of carbonyl (C=O) groups is 2. The highest BCUT2D eigenvalue weighted by atomic mass is 35.5. The number of ether oxygens (including phenoxy) is 1. The molecule has 0 fully saturated rings. The predicted molar refractivity (Wildman–Crippen MR) is 112 cm³/mol. The summed E-state index contributed by atoms with van der Waals surface area (Å²) < 4.78 is 5.13. The summed E-state index contributed by atoms with van der Waals surface area (Å²) in [6, 6.07) is 9.71. The van der Waals surface area contributed by atoms with Gasteiger partial charge in [-0.2, -0.15) is 0 Å². The van der Waals surface area contributed by atoms with Crippen LogP contribution in [0.25, 0.3) is 0 Å². The van der Waals surface area contributed by atoms with Crippen LogP contribution in [0.4, 0.5) is 17.1 Å². The maximum atomic E-state index is 12.6. The van der Waals surface area contributed by atoms with Crippen LogP contribution < -0.4 is 21.1 Å². The fourth-order valence-corrected chi connectivity index (χ4v) is 2.52. The van der Waals surface area contributed by atoms with Gasteiger partial charge in [0.15, 0.2) is 0 Å². The second kappa shape index (κ2) is 10.0. The first-order chi connectivity index (χ1) is 12.3. The molecule has 0 spiro atoms. The summed E-state index contributed by atoms with van der Waals surface area (Å²) in [6.07, 6.45) is 0.393. The lowest BCUT2D eigenvalue weighted by atomic mass is 10.1. The summed E-state index contributed by atoms with van der Waals surface area (Å²) in [5, 5.41) is 5.75. The number of halogens is 2. The number of rotatable bonds is 6. The van der Waals surface area contributed by atoms with Crippen molar-refractivity contribution in [2.45, 2.75) is 20.3 Å². The predicted octanol–water partition coefficient (Wildman–Crippen LogP) is 4.59. The summed E-state index contributed by atoms with van der Waals surface area (Å²) >= 11 is 6.15. The van der Waals surface area contributed by atoms with Crippen molar-refractivity contribution >= 4 is 52.9 Å². The molecule has 6 nitrogen and oxygen atoms in total. The average molecular weight is 412 g/mol. The molecule has 0 radical (unpaired) electrons. The highest BCUT2D eigenvalue weighted by molar-refractivity contribution is 6.34. The van der Waals surface area contributed by atoms with Gasteiger partial charge in [0, 0.05) is 18.2 Å². The van der Waals surface area contributed by atoms with E-state index in [9.17, 15) is 9.59 Å². The van der Waals surface area contributed by atoms with Gasteiger partial charge in [0.05, 0.1) is 29.1 Å². The van der Waals surface area contributed by atoms with Crippen LogP contribution in [-0.2, 0) is 4.79 Å². The number of carbonyl (C=O) groups excluding carboxylic acids is 2. The molecule has 2 aromatic rings. The Hall–Kier alpha value is -2.44. The Morgan fingerprint density at radius 2 is 1.85 bits per heavy atom. The minimum atomic E-state index is -0.435. The second-order valence-electron chi connectivity index (χ2n) is 6.25. The zero-order valence-electron chi connectivity index (χ0n) is 15.3. The Labute approximate surface area is 169 Å². The van der Waals surface area contributed by atoms with Gasteiger partial charge in [0.2, 0.25) is 5.91 Å². The van der Waals surface area contributed by atoms with E-state index in [1.165, 1.54) is 13.2 Å². The number of nitrogens with one attached hydrogen (secondary N) is 2. The molecule has 4 N–H and O–H groups in total. The SMILES string of the molecule is COc1ccc(N)c(NC(=O)c2cc(NC(=O)CC(C)C)ccc2Cl)c1.Cl. The molecule has 0 aliphatic heterocycles. The van der Waals surface area contributed by atoms with Gasteiger partial charge >= 0.3 is 0 Å². The van der Waals surface area contributed by atoms with Crippen molar-refractivity contribution < 1.29 is 14.3 Å². The molecule has 0 bridgehead atoms. The lowest BCUT2D eigenvalue weighted by Gasteiger charge is -2.12. The van der Waals surface area contributed by atoms with E-state index < -0.39 is 5.91 Å². The number of methoxy groups -OCH3 is 1. The topological polar surface area (TPSA) is 93.4 Å². The van der Waals surface area contributed by atoms with Gasteiger partial charge in [-0.05, 0) is 36.2 Å². The summed E-state index contributed by atoms with van der Waals surface area (Å²) in [5.74, 6) is 0.247. The van der Waals surface area contributed by atoms with Crippen LogP contribution in [0.5, 0.6) is 5.75 Å². The molecule has 8 heteroatoms. The molecule has 2 amide bonds. The van der Waals surface area contributed by atoms with E-state index in [0.29, 0.717) is 29.2 Å². The number of anilines is 3. The van der Waals surface area contributed by atoms with Gasteiger partial charge in [-0.25, -0.2) is 0 Å². The first-order valence-corrected chi connectivity index (χ1v) is 8.52. The molecule has 0 aliphatic carbocycles. The minimum Gasteiger partial charge on any atom is -0.497 e. The van der Waals surface area contributed by atoms with Crippen molar-refractivity contribution in [2.24, 2.45) is 5.92 Å². The van der Waals surface area contributed by atoms with Crippen LogP contribution in [0.2, 0.25) is 5.02 Å². The Kier molecular flexibility index (Phi) is 8.40. The Bertz CT molecular complexity index is 826. The minimum absolute atomic E-state index is 0. The van der Waals surface area contributed by atoms with E-state index in [0.717, 1.165) is 0 Å². The van der Waals surface area contributed by atoms with Crippen LogP contribution in [0.1, 0.15) is 30.6 Å². The Balaban J connectivity index is 0.00000364. The van der Waals surface area contributed by atoms with E-state index in [1.54, 1.807) is 30.3 Å². The van der Waals surface area contributed by atoms with Crippen molar-refractivity contribution in [3.8, 4) is 5.75 Å². The second-order valence-corrected chi connectivity index (χ2v) is 6.66. The molecule has 27 heavy (non-hydrogen) atoms. The van der Waals surface area contributed by atoms with Gasteiger partial charge in [0.1, 0.15) is 5.75 Å². The van der Waals surface area contributed by atoms with E-state index in [-0.39, 0.29) is 34.8 Å². The zero-order chi connectivity index (χ0) is 19.3. The molecule has 0 heterocycles. The highest BCUT2D eigenvalue weighted by Crippen LogP contribution is 2.27. The molecular formula is C19H23Cl2N3O3. The third-order valence-electron chi connectivity index (χ3n) is 3.60. The summed E-state index contributed by atoms with van der Waals surface area (Å²) in [5.41, 5.74) is 7.44. The largest absolute Gasteiger partial charge is 0.497 e. The maximum Gasteiger partial charge on any atom is 0.257 e. The molecule has 2 rings (SSSR count). The zero-order valence-corrected chi connectivity index (χ0v) is 16.9. The number of hydrogen-bond acceptors (Lipinski definition) is 4. The number of nitrogens with two attached hydrogens (primary N) is 1. The van der Waals surface area contributed by atoms with Crippen LogP contribution in [-0.4, -0.2) is 18.9 Å². The molecule has 0 atom stereocenters. The molecular weight excluding hydrogens is 389 g/mol. The van der Waals surface area contributed by atoms with Gasteiger partial charge in [-0.3, -0.25) is 9.59 Å². The molecule has 0 saturated carbocycles. The van der Waals surface area contributed by atoms with E-state index in [4.69, 9.17) is 22.1 Å². The van der Waals surface area contributed by atoms with Gasteiger partial charge in [0.25, 0.3) is 5.91 Å². The molecule has 0 aliphatic rings. The van der Waals surface area contributed by atoms with Crippen molar-refractivity contribution in [1.29, 1.82) is 0 Å². The van der Waals surface area contributed by atoms with Crippen LogP contribution >= 0.6 is 24.0 Å². The monoisotopic (exact) mass is 411 g/mol. The van der Waals surface area contributed by atoms with Crippen molar-refractivity contribution in [3.05, 3.63) is 47.0 Å². The number of nitrogen functional groups attached to an aromatic ring is 1. The summed E-state index contributed by atoms with van der Waals surface area (Å²) in [6.45, 7) is 3.91. The van der Waals surface area contributed by atoms with E-state index >= 15 is 0 Å². The van der Waals surface area contributed by atoms with Crippen LogP contribution in [0, 0.1) is 5.92 Å². The van der Waals surface area contributed by atoms with Gasteiger partial charge < -0.3 is 21.1 Å². The molecule has 0 unspecified atom stereocenters. The molecule has 2 aromatic carbocycles. The standard InChI is InChI=1S/C19H22ClN3O3.ClH/c1-11(2)8-18(24)22-12-4-6-15(20)14(9-12)19(25)23-17-10-13(26-3)5-7-16(17)21;/h4-7,9-11H,8,21H2,1-3H3,(H,22,24)(H,23,25);1H. The fourth-order valence-electron chi connectivity index (χ4n) is 2.32. The van der Waals surface area contributed by atoms with Crippen molar-refractivity contribution in [3.63, 3.8) is 0 Å². The van der Waals surface area contributed by atoms with Crippen molar-refractivity contribution in [2.75, 3.05) is 23.5 Å². The summed E-state index contributed by atoms with van der Waals surface area (Å²) in [4.78, 5) is 24.5. The lowest BCUT2D eigenvalue weighted by Crippen LogP contribution is -2.16. The van der Waals surface area contributed by atoms with Gasteiger partial charge in [-0.15, -0.1) is 12.4 Å². The lowest BCUT2D eigenvalue weighted by molar-refractivity contribution is -0.116. The number of hydrogen-bond donors (Lipinski definition) is 3.